The van der Waals surface area contributed by atoms with Gasteiger partial charge >= 0.3 is 0 Å². The normalized spacial score (nSPS) is 10.4. The molecule has 2 aromatic carbocycles. The summed E-state index contributed by atoms with van der Waals surface area (Å²) in [5, 5.41) is 2.97. The largest absolute Gasteiger partial charge is 0.356 e. The van der Waals surface area contributed by atoms with Gasteiger partial charge < -0.3 is 10.2 Å². The fraction of sp³-hybridized carbons (Fsp3) is 0.391. The number of para-hydroxylation sites is 1. The third-order valence-electron chi connectivity index (χ3n) is 4.47. The van der Waals surface area contributed by atoms with Crippen molar-refractivity contribution >= 4 is 17.5 Å². The number of rotatable bonds is 11. The Morgan fingerprint density at radius 3 is 2.19 bits per heavy atom. The van der Waals surface area contributed by atoms with Gasteiger partial charge in [-0.15, -0.1) is 0 Å². The fourth-order valence-corrected chi connectivity index (χ4v) is 2.96. The Bertz CT molecular complexity index is 686. The second kappa shape index (κ2) is 11.9. The minimum Gasteiger partial charge on any atom is -0.356 e. The molecule has 2 rings (SSSR count). The predicted octanol–water partition coefficient (Wildman–Crippen LogP) is 4.81. The molecular weight excluding hydrogens is 336 g/mol. The Hall–Kier alpha value is -2.62. The van der Waals surface area contributed by atoms with Crippen molar-refractivity contribution in [2.24, 2.45) is 0 Å². The maximum absolute atomic E-state index is 12.9. The molecule has 0 aliphatic carbocycles. The summed E-state index contributed by atoms with van der Waals surface area (Å²) in [5.74, 6) is 0.0828. The number of nitrogens with one attached hydrogen (secondary N) is 1. The van der Waals surface area contributed by atoms with Gasteiger partial charge in [0.1, 0.15) is 0 Å². The van der Waals surface area contributed by atoms with Gasteiger partial charge in [0.25, 0.3) is 5.91 Å². The van der Waals surface area contributed by atoms with Crippen LogP contribution in [-0.2, 0) is 4.79 Å². The average molecular weight is 367 g/mol. The van der Waals surface area contributed by atoms with Crippen LogP contribution in [0, 0.1) is 0 Å². The van der Waals surface area contributed by atoms with Gasteiger partial charge in [0, 0.05) is 30.8 Å². The molecule has 0 aliphatic heterocycles. The number of anilines is 1. The van der Waals surface area contributed by atoms with E-state index in [0.29, 0.717) is 31.5 Å². The molecule has 0 saturated carbocycles. The fourth-order valence-electron chi connectivity index (χ4n) is 2.96. The Balaban J connectivity index is 1.86. The number of unbranched alkanes of at least 4 members (excludes halogenated alkanes) is 3. The Morgan fingerprint density at radius 1 is 0.852 bits per heavy atom. The number of benzene rings is 2. The monoisotopic (exact) mass is 366 g/mol. The SMILES string of the molecule is CCCCCCC(=O)NCCCN(C(=O)c1ccccc1)c1ccccc1. The quantitative estimate of drug-likeness (QED) is 0.580. The molecule has 0 unspecified atom stereocenters. The summed E-state index contributed by atoms with van der Waals surface area (Å²) in [4.78, 5) is 26.6. The lowest BCUT2D eigenvalue weighted by Crippen LogP contribution is -2.34. The molecule has 0 fully saturated rings. The summed E-state index contributed by atoms with van der Waals surface area (Å²) >= 11 is 0. The Morgan fingerprint density at radius 2 is 1.52 bits per heavy atom. The Labute approximate surface area is 162 Å². The third-order valence-corrected chi connectivity index (χ3v) is 4.47. The molecule has 0 saturated heterocycles. The maximum atomic E-state index is 12.9. The lowest BCUT2D eigenvalue weighted by atomic mass is 10.1. The van der Waals surface area contributed by atoms with Gasteiger partial charge in [0.15, 0.2) is 0 Å². The topological polar surface area (TPSA) is 49.4 Å². The van der Waals surface area contributed by atoms with Gasteiger partial charge in [-0.3, -0.25) is 9.59 Å². The molecule has 2 amide bonds. The molecule has 0 aromatic heterocycles. The highest BCUT2D eigenvalue weighted by Gasteiger charge is 2.17. The second-order valence-electron chi connectivity index (χ2n) is 6.67. The summed E-state index contributed by atoms with van der Waals surface area (Å²) in [6, 6.07) is 19.0. The van der Waals surface area contributed by atoms with Crippen molar-refractivity contribution in [2.45, 2.75) is 45.4 Å². The van der Waals surface area contributed by atoms with Gasteiger partial charge in [-0.25, -0.2) is 0 Å². The first-order valence-electron chi connectivity index (χ1n) is 9.91. The smallest absolute Gasteiger partial charge is 0.258 e. The van der Waals surface area contributed by atoms with E-state index in [-0.39, 0.29) is 11.8 Å². The first kappa shape index (κ1) is 20.7. The summed E-state index contributed by atoms with van der Waals surface area (Å²) < 4.78 is 0. The summed E-state index contributed by atoms with van der Waals surface area (Å²) in [6.45, 7) is 3.31. The van der Waals surface area contributed by atoms with Crippen LogP contribution in [0.1, 0.15) is 55.8 Å². The van der Waals surface area contributed by atoms with E-state index in [0.717, 1.165) is 18.5 Å². The zero-order chi connectivity index (χ0) is 19.3. The molecule has 4 heteroatoms. The van der Waals surface area contributed by atoms with Crippen LogP contribution in [0.4, 0.5) is 5.69 Å². The number of amides is 2. The molecule has 0 heterocycles. The summed E-state index contributed by atoms with van der Waals surface area (Å²) in [5.41, 5.74) is 1.54. The lowest BCUT2D eigenvalue weighted by molar-refractivity contribution is -0.121. The minimum atomic E-state index is -0.0207. The molecule has 0 spiro atoms. The highest BCUT2D eigenvalue weighted by Crippen LogP contribution is 2.17. The highest BCUT2D eigenvalue weighted by molar-refractivity contribution is 6.06. The molecule has 27 heavy (non-hydrogen) atoms. The van der Waals surface area contributed by atoms with Crippen LogP contribution < -0.4 is 10.2 Å². The molecule has 0 radical (unpaired) electrons. The molecule has 0 aliphatic rings. The van der Waals surface area contributed by atoms with Gasteiger partial charge in [-0.05, 0) is 37.1 Å². The van der Waals surface area contributed by atoms with Gasteiger partial charge in [0.05, 0.1) is 0 Å². The van der Waals surface area contributed by atoms with Gasteiger partial charge in [-0.2, -0.15) is 0 Å². The zero-order valence-electron chi connectivity index (χ0n) is 16.2. The van der Waals surface area contributed by atoms with Gasteiger partial charge in [0.2, 0.25) is 5.91 Å². The van der Waals surface area contributed by atoms with E-state index in [2.05, 4.69) is 12.2 Å². The number of carbonyl (C=O) groups is 2. The first-order valence-corrected chi connectivity index (χ1v) is 9.91. The van der Waals surface area contributed by atoms with Crippen LogP contribution in [-0.4, -0.2) is 24.9 Å². The molecule has 0 bridgehead atoms. The highest BCUT2D eigenvalue weighted by atomic mass is 16.2. The van der Waals surface area contributed by atoms with Crippen LogP contribution >= 0.6 is 0 Å². The Kier molecular flexibility index (Phi) is 9.11. The zero-order valence-corrected chi connectivity index (χ0v) is 16.2. The van der Waals surface area contributed by atoms with Crippen LogP contribution in [0.5, 0.6) is 0 Å². The minimum absolute atomic E-state index is 0.0207. The molecule has 0 atom stereocenters. The van der Waals surface area contributed by atoms with E-state index in [1.54, 1.807) is 4.90 Å². The number of carbonyl (C=O) groups excluding carboxylic acids is 2. The molecule has 1 N–H and O–H groups in total. The van der Waals surface area contributed by atoms with Crippen LogP contribution in [0.15, 0.2) is 60.7 Å². The van der Waals surface area contributed by atoms with Crippen molar-refractivity contribution in [3.05, 3.63) is 66.2 Å². The van der Waals surface area contributed by atoms with Gasteiger partial charge in [-0.1, -0.05) is 62.6 Å². The van der Waals surface area contributed by atoms with Crippen LogP contribution in [0.2, 0.25) is 0 Å². The molecule has 2 aromatic rings. The average Bonchev–Trinajstić information content (AvgIpc) is 2.72. The van der Waals surface area contributed by atoms with E-state index in [4.69, 9.17) is 0 Å². The van der Waals surface area contributed by atoms with E-state index < -0.39 is 0 Å². The third kappa shape index (κ3) is 7.26. The second-order valence-corrected chi connectivity index (χ2v) is 6.67. The van der Waals surface area contributed by atoms with E-state index in [1.807, 2.05) is 60.7 Å². The van der Waals surface area contributed by atoms with E-state index >= 15 is 0 Å². The molecule has 4 nitrogen and oxygen atoms in total. The van der Waals surface area contributed by atoms with E-state index in [9.17, 15) is 9.59 Å². The van der Waals surface area contributed by atoms with Crippen molar-refractivity contribution in [3.8, 4) is 0 Å². The summed E-state index contributed by atoms with van der Waals surface area (Å²) in [7, 11) is 0. The standard InChI is InChI=1S/C23H30N2O2/c1-2-3-4-11-17-22(26)24-18-12-19-25(21-15-9-6-10-16-21)23(27)20-13-7-5-8-14-20/h5-10,13-16H,2-4,11-12,17-19H2,1H3,(H,24,26). The van der Waals surface area contributed by atoms with Crippen molar-refractivity contribution in [2.75, 3.05) is 18.0 Å². The van der Waals surface area contributed by atoms with E-state index in [1.165, 1.54) is 12.8 Å². The first-order chi connectivity index (χ1) is 13.2. The number of nitrogens with zero attached hydrogens (tertiary/aromatic N) is 1. The van der Waals surface area contributed by atoms with Crippen LogP contribution in [0.3, 0.4) is 0 Å². The number of hydrogen-bond donors (Lipinski definition) is 1. The predicted molar refractivity (Wildman–Crippen MR) is 111 cm³/mol. The van der Waals surface area contributed by atoms with Crippen LogP contribution in [0.25, 0.3) is 0 Å². The molecular formula is C23H30N2O2. The van der Waals surface area contributed by atoms with Crippen molar-refractivity contribution in [3.63, 3.8) is 0 Å². The van der Waals surface area contributed by atoms with Crippen molar-refractivity contribution < 1.29 is 9.59 Å². The van der Waals surface area contributed by atoms with Crippen molar-refractivity contribution in [1.29, 1.82) is 0 Å². The number of hydrogen-bond acceptors (Lipinski definition) is 2. The maximum Gasteiger partial charge on any atom is 0.258 e. The lowest BCUT2D eigenvalue weighted by Gasteiger charge is -2.23. The summed E-state index contributed by atoms with van der Waals surface area (Å²) in [6.07, 6.45) is 5.71. The van der Waals surface area contributed by atoms with Crippen molar-refractivity contribution in [1.82, 2.24) is 5.32 Å². The molecule has 144 valence electrons.